The van der Waals surface area contributed by atoms with Crippen molar-refractivity contribution in [2.75, 3.05) is 46.4 Å². The number of benzene rings is 1. The first-order valence-corrected chi connectivity index (χ1v) is 9.65. The van der Waals surface area contributed by atoms with Crippen LogP contribution in [-0.2, 0) is 14.9 Å². The summed E-state index contributed by atoms with van der Waals surface area (Å²) in [7, 11) is 1.76. The summed E-state index contributed by atoms with van der Waals surface area (Å²) < 4.78 is 5.18. The van der Waals surface area contributed by atoms with E-state index in [4.69, 9.17) is 4.74 Å². The van der Waals surface area contributed by atoms with Crippen LogP contribution < -0.4 is 0 Å². The molecule has 4 heteroatoms. The molecule has 2 fully saturated rings. The molecule has 0 aromatic heterocycles. The number of hydrogen-bond acceptors (Lipinski definition) is 3. The maximum atomic E-state index is 12.5. The van der Waals surface area contributed by atoms with Gasteiger partial charge in [-0.25, -0.2) is 0 Å². The van der Waals surface area contributed by atoms with Crippen LogP contribution in [0.4, 0.5) is 0 Å². The van der Waals surface area contributed by atoms with Gasteiger partial charge >= 0.3 is 0 Å². The van der Waals surface area contributed by atoms with Crippen molar-refractivity contribution in [3.8, 4) is 0 Å². The van der Waals surface area contributed by atoms with Crippen LogP contribution in [-0.4, -0.2) is 62.1 Å². The van der Waals surface area contributed by atoms with Crippen LogP contribution in [0.25, 0.3) is 0 Å². The van der Waals surface area contributed by atoms with Crippen LogP contribution in [0.15, 0.2) is 30.3 Å². The fourth-order valence-corrected chi connectivity index (χ4v) is 4.30. The third-order valence-corrected chi connectivity index (χ3v) is 6.05. The first-order valence-electron chi connectivity index (χ1n) is 9.65. The lowest BCUT2D eigenvalue weighted by Gasteiger charge is -2.43. The van der Waals surface area contributed by atoms with E-state index >= 15 is 0 Å². The molecule has 1 amide bonds. The Morgan fingerprint density at radius 1 is 1.20 bits per heavy atom. The maximum absolute atomic E-state index is 12.5. The summed E-state index contributed by atoms with van der Waals surface area (Å²) in [6.45, 7) is 8.20. The maximum Gasteiger partial charge on any atom is 0.222 e. The van der Waals surface area contributed by atoms with Crippen molar-refractivity contribution in [3.63, 3.8) is 0 Å². The van der Waals surface area contributed by atoms with Gasteiger partial charge in [-0.3, -0.25) is 4.79 Å². The Morgan fingerprint density at radius 3 is 2.60 bits per heavy atom. The van der Waals surface area contributed by atoms with Crippen LogP contribution >= 0.6 is 0 Å². The average molecular weight is 344 g/mol. The van der Waals surface area contributed by atoms with Crippen LogP contribution in [0.1, 0.15) is 38.2 Å². The summed E-state index contributed by atoms with van der Waals surface area (Å²) in [4.78, 5) is 17.1. The highest BCUT2D eigenvalue weighted by molar-refractivity contribution is 5.77. The van der Waals surface area contributed by atoms with Gasteiger partial charge in [0.15, 0.2) is 0 Å². The summed E-state index contributed by atoms with van der Waals surface area (Å²) in [6.07, 6.45) is 4.02. The molecule has 0 spiro atoms. The van der Waals surface area contributed by atoms with Gasteiger partial charge in [0.05, 0.1) is 6.61 Å². The molecule has 2 aliphatic heterocycles. The molecule has 0 unspecified atom stereocenters. The Bertz CT molecular complexity index is 554. The van der Waals surface area contributed by atoms with Gasteiger partial charge in [0, 0.05) is 38.6 Å². The molecule has 0 N–H and O–H groups in total. The lowest BCUT2D eigenvalue weighted by molar-refractivity contribution is -0.136. The number of likely N-dealkylation sites (tertiary alicyclic amines) is 2. The molecule has 0 bridgehead atoms. The number of rotatable bonds is 6. The highest BCUT2D eigenvalue weighted by Gasteiger charge is 2.37. The van der Waals surface area contributed by atoms with Crippen molar-refractivity contribution in [2.24, 2.45) is 5.92 Å². The topological polar surface area (TPSA) is 32.8 Å². The highest BCUT2D eigenvalue weighted by Crippen LogP contribution is 2.35. The molecule has 138 valence electrons. The molecule has 0 radical (unpaired) electrons. The summed E-state index contributed by atoms with van der Waals surface area (Å²) in [6, 6.07) is 10.7. The number of carbonyl (C=O) groups excluding carboxylic acids is 1. The predicted octanol–water partition coefficient (Wildman–Crippen LogP) is 2.93. The number of ether oxygens (including phenoxy) is 1. The second-order valence-electron chi connectivity index (χ2n) is 7.98. The van der Waals surface area contributed by atoms with Gasteiger partial charge in [-0.15, -0.1) is 0 Å². The van der Waals surface area contributed by atoms with Crippen molar-refractivity contribution in [2.45, 2.75) is 38.0 Å². The summed E-state index contributed by atoms with van der Waals surface area (Å²) in [5, 5.41) is 0. The predicted molar refractivity (Wildman–Crippen MR) is 101 cm³/mol. The molecular formula is C21H32N2O2. The fraction of sp³-hybridized carbons (Fsp3) is 0.667. The molecule has 1 aromatic carbocycles. The largest absolute Gasteiger partial charge is 0.383 e. The molecule has 0 saturated carbocycles. The van der Waals surface area contributed by atoms with E-state index in [1.54, 1.807) is 7.11 Å². The minimum atomic E-state index is 0.0916. The number of piperidine rings is 2. The SMILES string of the molecule is COCCN1CCC(CN2C[C@](C)(c3ccccc3)CCC2=O)CC1. The Labute approximate surface area is 152 Å². The van der Waals surface area contributed by atoms with Crippen molar-refractivity contribution in [1.29, 1.82) is 0 Å². The molecule has 2 saturated heterocycles. The Kier molecular flexibility index (Phi) is 6.13. The van der Waals surface area contributed by atoms with E-state index in [2.05, 4.69) is 47.1 Å². The summed E-state index contributed by atoms with van der Waals surface area (Å²) in [5.41, 5.74) is 1.45. The van der Waals surface area contributed by atoms with Gasteiger partial charge in [0.2, 0.25) is 5.91 Å². The van der Waals surface area contributed by atoms with Crippen LogP contribution in [0.3, 0.4) is 0 Å². The van der Waals surface area contributed by atoms with E-state index in [1.807, 2.05) is 0 Å². The van der Waals surface area contributed by atoms with Gasteiger partial charge in [0.25, 0.3) is 0 Å². The van der Waals surface area contributed by atoms with E-state index in [-0.39, 0.29) is 5.41 Å². The van der Waals surface area contributed by atoms with Gasteiger partial charge in [-0.05, 0) is 43.8 Å². The molecule has 3 rings (SSSR count). The molecule has 4 nitrogen and oxygen atoms in total. The van der Waals surface area contributed by atoms with Crippen LogP contribution in [0.2, 0.25) is 0 Å². The smallest absolute Gasteiger partial charge is 0.222 e. The zero-order valence-corrected chi connectivity index (χ0v) is 15.7. The van der Waals surface area contributed by atoms with Gasteiger partial charge < -0.3 is 14.5 Å². The molecular weight excluding hydrogens is 312 g/mol. The van der Waals surface area contributed by atoms with E-state index in [0.29, 0.717) is 18.2 Å². The number of hydrogen-bond donors (Lipinski definition) is 0. The number of methoxy groups -OCH3 is 1. The molecule has 0 aliphatic carbocycles. The molecule has 2 heterocycles. The zero-order chi connectivity index (χ0) is 17.7. The minimum Gasteiger partial charge on any atom is -0.383 e. The minimum absolute atomic E-state index is 0.0916. The standard InChI is InChI=1S/C21H32N2O2/c1-21(19-6-4-3-5-7-19)11-8-20(24)23(17-21)16-18-9-12-22(13-10-18)14-15-25-2/h3-7,18H,8-17H2,1-2H3/t21-/m1/s1. The van der Waals surface area contributed by atoms with Crippen molar-refractivity contribution >= 4 is 5.91 Å². The quantitative estimate of drug-likeness (QED) is 0.795. The highest BCUT2D eigenvalue weighted by atomic mass is 16.5. The Balaban J connectivity index is 1.56. The van der Waals surface area contributed by atoms with Gasteiger partial charge in [-0.2, -0.15) is 0 Å². The first-order chi connectivity index (χ1) is 12.1. The summed E-state index contributed by atoms with van der Waals surface area (Å²) >= 11 is 0. The fourth-order valence-electron chi connectivity index (χ4n) is 4.30. The van der Waals surface area contributed by atoms with Crippen molar-refractivity contribution < 1.29 is 9.53 Å². The van der Waals surface area contributed by atoms with Crippen LogP contribution in [0.5, 0.6) is 0 Å². The molecule has 1 aromatic rings. The number of carbonyl (C=O) groups is 1. The molecule has 25 heavy (non-hydrogen) atoms. The molecule has 1 atom stereocenters. The Hall–Kier alpha value is -1.39. The van der Waals surface area contributed by atoms with E-state index in [0.717, 1.165) is 45.8 Å². The lowest BCUT2D eigenvalue weighted by Crippen LogP contribution is -2.50. The number of nitrogens with zero attached hydrogens (tertiary/aromatic N) is 2. The van der Waals surface area contributed by atoms with Crippen molar-refractivity contribution in [3.05, 3.63) is 35.9 Å². The molecule has 2 aliphatic rings. The number of amides is 1. The van der Waals surface area contributed by atoms with Crippen molar-refractivity contribution in [1.82, 2.24) is 9.80 Å². The third-order valence-electron chi connectivity index (χ3n) is 6.05. The Morgan fingerprint density at radius 2 is 1.92 bits per heavy atom. The van der Waals surface area contributed by atoms with E-state index < -0.39 is 0 Å². The summed E-state index contributed by atoms with van der Waals surface area (Å²) in [5.74, 6) is 0.982. The second kappa shape index (κ2) is 8.33. The monoisotopic (exact) mass is 344 g/mol. The first kappa shape index (κ1) is 18.4. The lowest BCUT2D eigenvalue weighted by atomic mass is 9.75. The zero-order valence-electron chi connectivity index (χ0n) is 15.7. The average Bonchev–Trinajstić information content (AvgIpc) is 2.65. The third kappa shape index (κ3) is 4.62. The normalized spacial score (nSPS) is 26.2. The van der Waals surface area contributed by atoms with E-state index in [9.17, 15) is 4.79 Å². The van der Waals surface area contributed by atoms with Crippen LogP contribution in [0, 0.1) is 5.92 Å². The van der Waals surface area contributed by atoms with E-state index in [1.165, 1.54) is 18.4 Å². The van der Waals surface area contributed by atoms with Gasteiger partial charge in [0.1, 0.15) is 0 Å². The second-order valence-corrected chi connectivity index (χ2v) is 7.98. The van der Waals surface area contributed by atoms with Gasteiger partial charge in [-0.1, -0.05) is 37.3 Å².